The summed E-state index contributed by atoms with van der Waals surface area (Å²) in [5, 5.41) is 8.28. The fourth-order valence-electron chi connectivity index (χ4n) is 2.82. The lowest BCUT2D eigenvalue weighted by Crippen LogP contribution is -2.19. The first kappa shape index (κ1) is 23.0. The fourth-order valence-corrected chi connectivity index (χ4v) is 2.82. The second-order valence-corrected chi connectivity index (χ2v) is 7.11. The summed E-state index contributed by atoms with van der Waals surface area (Å²) in [7, 11) is 0. The van der Waals surface area contributed by atoms with Crippen molar-refractivity contribution in [2.75, 3.05) is 0 Å². The summed E-state index contributed by atoms with van der Waals surface area (Å²) in [6.45, 7) is 3.73. The Bertz CT molecular complexity index is 788. The van der Waals surface area contributed by atoms with Crippen molar-refractivity contribution in [3.8, 4) is 0 Å². The van der Waals surface area contributed by atoms with Gasteiger partial charge in [0.15, 0.2) is 0 Å². The molecule has 2 amide bonds. The topological polar surface area (TPSA) is 82.9 Å². The third kappa shape index (κ3) is 8.82. The number of nitrogens with one attached hydrogen (secondary N) is 2. The van der Waals surface area contributed by atoms with Gasteiger partial charge in [-0.1, -0.05) is 73.5 Å². The molecule has 0 aliphatic rings. The lowest BCUT2D eigenvalue weighted by Gasteiger charge is -2.04. The van der Waals surface area contributed by atoms with Gasteiger partial charge in [-0.25, -0.2) is 10.9 Å². The minimum Gasteiger partial charge on any atom is -0.273 e. The number of rotatable bonds is 11. The van der Waals surface area contributed by atoms with Crippen molar-refractivity contribution in [2.24, 2.45) is 10.2 Å². The Labute approximate surface area is 178 Å². The highest BCUT2D eigenvalue weighted by Crippen LogP contribution is 2.06. The first-order valence-corrected chi connectivity index (χ1v) is 10.3. The number of nitrogens with zero attached hydrogens (tertiary/aromatic N) is 2. The Balaban J connectivity index is 1.55. The zero-order valence-electron chi connectivity index (χ0n) is 17.7. The molecule has 0 saturated heterocycles. The zero-order chi connectivity index (χ0) is 21.6. The summed E-state index contributed by atoms with van der Waals surface area (Å²) < 4.78 is 0. The summed E-state index contributed by atoms with van der Waals surface area (Å²) >= 11 is 0. The molecule has 6 heteroatoms. The Hall–Kier alpha value is -3.28. The SMILES string of the molecule is CC(=NNC(=O)CCCCCCC(=O)NN=C(C)c1ccccc1)c1ccccc1. The maximum Gasteiger partial charge on any atom is 0.240 e. The molecule has 0 atom stereocenters. The highest BCUT2D eigenvalue weighted by atomic mass is 16.2. The van der Waals surface area contributed by atoms with Crippen LogP contribution in [0.1, 0.15) is 63.5 Å². The second-order valence-electron chi connectivity index (χ2n) is 7.11. The number of unbranched alkanes of at least 4 members (excludes halogenated alkanes) is 3. The summed E-state index contributed by atoms with van der Waals surface area (Å²) in [5.74, 6) is -0.178. The lowest BCUT2D eigenvalue weighted by atomic mass is 10.1. The van der Waals surface area contributed by atoms with E-state index in [2.05, 4.69) is 21.1 Å². The van der Waals surface area contributed by atoms with Crippen LogP contribution in [0.4, 0.5) is 0 Å². The van der Waals surface area contributed by atoms with Crippen LogP contribution >= 0.6 is 0 Å². The van der Waals surface area contributed by atoms with Crippen LogP contribution in [0.15, 0.2) is 70.9 Å². The standard InChI is InChI=1S/C24H30N4O2/c1-19(21-13-7-5-8-14-21)25-27-23(29)17-11-3-4-12-18-24(30)28-26-20(2)22-15-9-6-10-16-22/h5-10,13-16H,3-4,11-12,17-18H2,1-2H3,(H,27,29)(H,28,30). The molecule has 2 N–H and O–H groups in total. The summed E-state index contributed by atoms with van der Waals surface area (Å²) in [5.41, 5.74) is 8.73. The van der Waals surface area contributed by atoms with Crippen LogP contribution in [0.5, 0.6) is 0 Å². The van der Waals surface area contributed by atoms with E-state index in [1.807, 2.05) is 74.5 Å². The molecule has 0 aliphatic carbocycles. The van der Waals surface area contributed by atoms with Crippen molar-refractivity contribution < 1.29 is 9.59 Å². The predicted octanol–water partition coefficient (Wildman–Crippen LogP) is 4.41. The van der Waals surface area contributed by atoms with Gasteiger partial charge in [-0.15, -0.1) is 0 Å². The molecule has 158 valence electrons. The van der Waals surface area contributed by atoms with Gasteiger partial charge in [0.1, 0.15) is 0 Å². The molecule has 2 aromatic rings. The van der Waals surface area contributed by atoms with Gasteiger partial charge in [-0.2, -0.15) is 10.2 Å². The van der Waals surface area contributed by atoms with Crippen molar-refractivity contribution in [1.29, 1.82) is 0 Å². The van der Waals surface area contributed by atoms with Crippen LogP contribution in [-0.4, -0.2) is 23.2 Å². The van der Waals surface area contributed by atoms with Crippen molar-refractivity contribution in [3.63, 3.8) is 0 Å². The van der Waals surface area contributed by atoms with Crippen molar-refractivity contribution in [3.05, 3.63) is 71.8 Å². The summed E-state index contributed by atoms with van der Waals surface area (Å²) in [6, 6.07) is 19.5. The number of hydrazone groups is 2. The third-order valence-electron chi connectivity index (χ3n) is 4.64. The second kappa shape index (κ2) is 13.0. The van der Waals surface area contributed by atoms with E-state index in [0.29, 0.717) is 12.8 Å². The van der Waals surface area contributed by atoms with E-state index < -0.39 is 0 Å². The number of hydrogen-bond donors (Lipinski definition) is 2. The normalized spacial score (nSPS) is 11.8. The monoisotopic (exact) mass is 406 g/mol. The molecule has 0 heterocycles. The molecule has 0 saturated carbocycles. The van der Waals surface area contributed by atoms with Crippen LogP contribution in [0, 0.1) is 0 Å². The number of carbonyl (C=O) groups is 2. The Morgan fingerprint density at radius 3 is 1.37 bits per heavy atom. The smallest absolute Gasteiger partial charge is 0.240 e. The Kier molecular flexibility index (Phi) is 10.00. The molecule has 0 spiro atoms. The van der Waals surface area contributed by atoms with Crippen LogP contribution in [0.25, 0.3) is 0 Å². The van der Waals surface area contributed by atoms with E-state index in [1.165, 1.54) is 0 Å². The quantitative estimate of drug-likeness (QED) is 0.329. The van der Waals surface area contributed by atoms with Gasteiger partial charge in [0.2, 0.25) is 11.8 Å². The summed E-state index contributed by atoms with van der Waals surface area (Å²) in [4.78, 5) is 23.8. The Morgan fingerprint density at radius 1 is 0.633 bits per heavy atom. The third-order valence-corrected chi connectivity index (χ3v) is 4.64. The van der Waals surface area contributed by atoms with Crippen molar-refractivity contribution >= 4 is 23.2 Å². The molecule has 0 unspecified atom stereocenters. The number of amides is 2. The van der Waals surface area contributed by atoms with Gasteiger partial charge in [-0.05, 0) is 37.8 Å². The van der Waals surface area contributed by atoms with E-state index in [4.69, 9.17) is 0 Å². The number of carbonyl (C=O) groups excluding carboxylic acids is 2. The Morgan fingerprint density at radius 2 is 1.00 bits per heavy atom. The fraction of sp³-hybridized carbons (Fsp3) is 0.333. The molecule has 0 bridgehead atoms. The first-order valence-electron chi connectivity index (χ1n) is 10.3. The molecule has 0 aromatic heterocycles. The molecule has 2 rings (SSSR count). The van der Waals surface area contributed by atoms with E-state index >= 15 is 0 Å². The van der Waals surface area contributed by atoms with Gasteiger partial charge in [-0.3, -0.25) is 9.59 Å². The molecular formula is C24H30N4O2. The van der Waals surface area contributed by atoms with Crippen LogP contribution in [0.3, 0.4) is 0 Å². The van der Waals surface area contributed by atoms with E-state index in [-0.39, 0.29) is 11.8 Å². The van der Waals surface area contributed by atoms with Crippen LogP contribution < -0.4 is 10.9 Å². The van der Waals surface area contributed by atoms with Crippen molar-refractivity contribution in [2.45, 2.75) is 52.4 Å². The number of hydrogen-bond acceptors (Lipinski definition) is 4. The predicted molar refractivity (Wildman–Crippen MR) is 121 cm³/mol. The lowest BCUT2D eigenvalue weighted by molar-refractivity contribution is -0.122. The maximum atomic E-state index is 11.9. The van der Waals surface area contributed by atoms with Crippen LogP contribution in [-0.2, 0) is 9.59 Å². The molecule has 30 heavy (non-hydrogen) atoms. The molecule has 0 aliphatic heterocycles. The molecule has 0 fully saturated rings. The van der Waals surface area contributed by atoms with E-state index in [1.54, 1.807) is 0 Å². The van der Waals surface area contributed by atoms with Crippen molar-refractivity contribution in [1.82, 2.24) is 10.9 Å². The van der Waals surface area contributed by atoms with Crippen LogP contribution in [0.2, 0.25) is 0 Å². The average Bonchev–Trinajstić information content (AvgIpc) is 2.79. The highest BCUT2D eigenvalue weighted by molar-refractivity contribution is 5.99. The molecule has 0 radical (unpaired) electrons. The maximum absolute atomic E-state index is 11.9. The van der Waals surface area contributed by atoms with E-state index in [0.717, 1.165) is 48.2 Å². The highest BCUT2D eigenvalue weighted by Gasteiger charge is 2.04. The largest absolute Gasteiger partial charge is 0.273 e. The average molecular weight is 407 g/mol. The summed E-state index contributed by atoms with van der Waals surface area (Å²) in [6.07, 6.45) is 4.21. The van der Waals surface area contributed by atoms with Gasteiger partial charge in [0.25, 0.3) is 0 Å². The number of benzene rings is 2. The molecule has 2 aromatic carbocycles. The van der Waals surface area contributed by atoms with Gasteiger partial charge < -0.3 is 0 Å². The minimum atomic E-state index is -0.0891. The van der Waals surface area contributed by atoms with Gasteiger partial charge in [0, 0.05) is 12.8 Å². The molecular weight excluding hydrogens is 376 g/mol. The van der Waals surface area contributed by atoms with E-state index in [9.17, 15) is 9.59 Å². The molecule has 6 nitrogen and oxygen atoms in total. The zero-order valence-corrected chi connectivity index (χ0v) is 17.7. The first-order chi connectivity index (χ1) is 14.6. The minimum absolute atomic E-state index is 0.0891. The van der Waals surface area contributed by atoms with Gasteiger partial charge in [0.05, 0.1) is 11.4 Å². The van der Waals surface area contributed by atoms with Gasteiger partial charge >= 0.3 is 0 Å².